The van der Waals surface area contributed by atoms with Crippen LogP contribution in [0.25, 0.3) is 0 Å². The summed E-state index contributed by atoms with van der Waals surface area (Å²) in [6, 6.07) is 4.71. The van der Waals surface area contributed by atoms with Crippen molar-refractivity contribution in [2.24, 2.45) is 11.1 Å². The van der Waals surface area contributed by atoms with Crippen molar-refractivity contribution in [1.29, 1.82) is 0 Å². The molecule has 1 atom stereocenters. The fraction of sp³-hybridized carbons (Fsp3) is 0.571. The molecule has 0 fully saturated rings. The van der Waals surface area contributed by atoms with E-state index in [1.54, 1.807) is 6.07 Å². The second-order valence-corrected chi connectivity index (χ2v) is 5.83. The monoisotopic (exact) mass is 241 g/mol. The minimum absolute atomic E-state index is 0.0518. The van der Waals surface area contributed by atoms with Crippen LogP contribution in [-0.2, 0) is 5.54 Å². The summed E-state index contributed by atoms with van der Waals surface area (Å²) < 4.78 is 25.2. The molecule has 0 saturated heterocycles. The van der Waals surface area contributed by atoms with Gasteiger partial charge in [-0.25, -0.2) is 8.78 Å². The summed E-state index contributed by atoms with van der Waals surface area (Å²) in [4.78, 5) is 0. The van der Waals surface area contributed by atoms with Crippen LogP contribution in [0.1, 0.15) is 50.8 Å². The Kier molecular flexibility index (Phi) is 3.63. The van der Waals surface area contributed by atoms with Crippen molar-refractivity contribution in [3.63, 3.8) is 0 Å². The molecule has 0 saturated carbocycles. The summed E-state index contributed by atoms with van der Waals surface area (Å²) in [6.45, 7) is 9.92. The van der Waals surface area contributed by atoms with Crippen molar-refractivity contribution in [3.05, 3.63) is 34.9 Å². The Morgan fingerprint density at radius 3 is 2.00 bits per heavy atom. The maximum absolute atomic E-state index is 12.6. The Bertz CT molecular complexity index is 403. The average Bonchev–Trinajstić information content (AvgIpc) is 2.15. The van der Waals surface area contributed by atoms with Gasteiger partial charge in [0.25, 0.3) is 6.43 Å². The second kappa shape index (κ2) is 4.37. The quantitative estimate of drug-likeness (QED) is 0.827. The maximum atomic E-state index is 12.6. The Hall–Kier alpha value is -0.960. The van der Waals surface area contributed by atoms with Gasteiger partial charge in [0.2, 0.25) is 0 Å². The first-order valence-corrected chi connectivity index (χ1v) is 5.75. The molecule has 0 heterocycles. The molecule has 1 nitrogen and oxygen atoms in total. The summed E-state index contributed by atoms with van der Waals surface area (Å²) in [5.74, 6) is 0. The number of hydrogen-bond acceptors (Lipinski definition) is 1. The highest BCUT2D eigenvalue weighted by Crippen LogP contribution is 2.38. The molecule has 2 N–H and O–H groups in total. The van der Waals surface area contributed by atoms with E-state index >= 15 is 0 Å². The van der Waals surface area contributed by atoms with Gasteiger partial charge >= 0.3 is 0 Å². The fourth-order valence-electron chi connectivity index (χ4n) is 1.81. The first kappa shape index (κ1) is 14.1. The largest absolute Gasteiger partial charge is 0.321 e. The zero-order valence-corrected chi connectivity index (χ0v) is 11.1. The van der Waals surface area contributed by atoms with Gasteiger partial charge in [0, 0.05) is 11.1 Å². The summed E-state index contributed by atoms with van der Waals surface area (Å²) >= 11 is 0. The number of halogens is 2. The molecule has 1 aromatic rings. The molecular weight excluding hydrogens is 220 g/mol. The molecule has 0 aromatic heterocycles. The zero-order valence-electron chi connectivity index (χ0n) is 11.1. The lowest BCUT2D eigenvalue weighted by atomic mass is 9.70. The number of hydrogen-bond donors (Lipinski definition) is 1. The van der Waals surface area contributed by atoms with Crippen molar-refractivity contribution in [3.8, 4) is 0 Å². The molecule has 0 aliphatic rings. The number of alkyl halides is 2. The van der Waals surface area contributed by atoms with Crippen LogP contribution in [0, 0.1) is 12.3 Å². The number of rotatable bonds is 2. The van der Waals surface area contributed by atoms with E-state index in [0.29, 0.717) is 0 Å². The summed E-state index contributed by atoms with van der Waals surface area (Å²) in [5.41, 5.74) is 7.48. The van der Waals surface area contributed by atoms with Crippen LogP contribution < -0.4 is 5.73 Å². The predicted molar refractivity (Wildman–Crippen MR) is 67.1 cm³/mol. The third kappa shape index (κ3) is 2.65. The smallest absolute Gasteiger partial charge is 0.263 e. The van der Waals surface area contributed by atoms with E-state index in [2.05, 4.69) is 0 Å². The van der Waals surface area contributed by atoms with Crippen molar-refractivity contribution in [2.45, 2.75) is 46.6 Å². The number of nitrogens with two attached hydrogens (primary N) is 1. The molecule has 1 unspecified atom stereocenters. The van der Waals surface area contributed by atoms with Gasteiger partial charge in [-0.05, 0) is 30.4 Å². The molecule has 0 radical (unpaired) electrons. The third-order valence-electron chi connectivity index (χ3n) is 3.62. The van der Waals surface area contributed by atoms with Crippen LogP contribution >= 0.6 is 0 Å². The number of benzene rings is 1. The van der Waals surface area contributed by atoms with Crippen molar-refractivity contribution in [1.82, 2.24) is 0 Å². The van der Waals surface area contributed by atoms with E-state index in [4.69, 9.17) is 5.73 Å². The summed E-state index contributed by atoms with van der Waals surface area (Å²) in [6.07, 6.45) is -2.43. The van der Waals surface area contributed by atoms with Crippen molar-refractivity contribution in [2.75, 3.05) is 0 Å². The van der Waals surface area contributed by atoms with Gasteiger partial charge in [0.05, 0.1) is 0 Å². The molecular formula is C14H21F2N. The van der Waals surface area contributed by atoms with Crippen LogP contribution in [0.15, 0.2) is 18.2 Å². The summed E-state index contributed by atoms with van der Waals surface area (Å²) in [7, 11) is 0. The SMILES string of the molecule is Cc1cc(C(F)F)ccc1C(C)(N)C(C)(C)C. The molecule has 0 bridgehead atoms. The van der Waals surface area contributed by atoms with E-state index in [1.165, 1.54) is 12.1 Å². The van der Waals surface area contributed by atoms with Gasteiger partial charge in [0.15, 0.2) is 0 Å². The van der Waals surface area contributed by atoms with Gasteiger partial charge in [-0.1, -0.05) is 39.0 Å². The molecule has 1 aromatic carbocycles. The van der Waals surface area contributed by atoms with Gasteiger partial charge in [-0.15, -0.1) is 0 Å². The van der Waals surface area contributed by atoms with E-state index in [-0.39, 0.29) is 11.0 Å². The molecule has 17 heavy (non-hydrogen) atoms. The minimum atomic E-state index is -2.43. The standard InChI is InChI=1S/C14H21F2N/c1-9-8-10(12(15)16)6-7-11(9)14(5,17)13(2,3)4/h6-8,12H,17H2,1-5H3. The van der Waals surface area contributed by atoms with E-state index in [0.717, 1.165) is 11.1 Å². The third-order valence-corrected chi connectivity index (χ3v) is 3.62. The Morgan fingerprint density at radius 1 is 1.12 bits per heavy atom. The van der Waals surface area contributed by atoms with Gasteiger partial charge in [-0.3, -0.25) is 0 Å². The molecule has 0 amide bonds. The Morgan fingerprint density at radius 2 is 1.65 bits per heavy atom. The highest BCUT2D eigenvalue weighted by molar-refractivity contribution is 5.37. The predicted octanol–water partition coefficient (Wildman–Crippen LogP) is 4.15. The minimum Gasteiger partial charge on any atom is -0.321 e. The van der Waals surface area contributed by atoms with E-state index in [9.17, 15) is 8.78 Å². The lowest BCUT2D eigenvalue weighted by molar-refractivity contribution is 0.151. The zero-order chi connectivity index (χ0) is 13.4. The van der Waals surface area contributed by atoms with Crippen LogP contribution in [0.2, 0.25) is 0 Å². The molecule has 1 rings (SSSR count). The van der Waals surface area contributed by atoms with Crippen molar-refractivity contribution >= 4 is 0 Å². The van der Waals surface area contributed by atoms with Crippen LogP contribution in [-0.4, -0.2) is 0 Å². The highest BCUT2D eigenvalue weighted by atomic mass is 19.3. The Labute approximate surface area is 102 Å². The van der Waals surface area contributed by atoms with Gasteiger partial charge < -0.3 is 5.73 Å². The van der Waals surface area contributed by atoms with Crippen LogP contribution in [0.4, 0.5) is 8.78 Å². The van der Waals surface area contributed by atoms with E-state index < -0.39 is 12.0 Å². The molecule has 3 heteroatoms. The maximum Gasteiger partial charge on any atom is 0.263 e. The van der Waals surface area contributed by atoms with Gasteiger partial charge in [-0.2, -0.15) is 0 Å². The first-order chi connectivity index (χ1) is 7.57. The van der Waals surface area contributed by atoms with Crippen molar-refractivity contribution < 1.29 is 8.78 Å². The van der Waals surface area contributed by atoms with E-state index in [1.807, 2.05) is 34.6 Å². The lowest BCUT2D eigenvalue weighted by Gasteiger charge is -2.40. The summed E-state index contributed by atoms with van der Waals surface area (Å²) in [5, 5.41) is 0. The highest BCUT2D eigenvalue weighted by Gasteiger charge is 2.36. The molecule has 0 aliphatic heterocycles. The lowest BCUT2D eigenvalue weighted by Crippen LogP contribution is -2.46. The molecule has 0 aliphatic carbocycles. The van der Waals surface area contributed by atoms with Crippen LogP contribution in [0.5, 0.6) is 0 Å². The van der Waals surface area contributed by atoms with Gasteiger partial charge in [0.1, 0.15) is 0 Å². The Balaban J connectivity index is 3.26. The van der Waals surface area contributed by atoms with Crippen LogP contribution in [0.3, 0.4) is 0 Å². The molecule has 0 spiro atoms. The second-order valence-electron chi connectivity index (χ2n) is 5.83. The normalized spacial score (nSPS) is 16.1. The fourth-order valence-corrected chi connectivity index (χ4v) is 1.81. The topological polar surface area (TPSA) is 26.0 Å². The average molecular weight is 241 g/mol. The number of aryl methyl sites for hydroxylation is 1. The first-order valence-electron chi connectivity index (χ1n) is 5.75. The molecule has 96 valence electrons.